The lowest BCUT2D eigenvalue weighted by Gasteiger charge is -2.13. The number of carbonyl (C=O) groups excluding carboxylic acids is 2. The summed E-state index contributed by atoms with van der Waals surface area (Å²) in [5.41, 5.74) is 0.873. The van der Waals surface area contributed by atoms with Crippen molar-refractivity contribution in [3.05, 3.63) is 46.3 Å². The highest BCUT2D eigenvalue weighted by atomic mass is 32.2. The van der Waals surface area contributed by atoms with Crippen molar-refractivity contribution in [2.75, 3.05) is 19.0 Å². The molecule has 9 heteroatoms. The molecular weight excluding hydrogens is 402 g/mol. The van der Waals surface area contributed by atoms with Crippen LogP contribution in [0.25, 0.3) is 6.08 Å². The minimum absolute atomic E-state index is 0.123. The van der Waals surface area contributed by atoms with Crippen molar-refractivity contribution in [1.29, 1.82) is 0 Å². The molecule has 1 aliphatic rings. The van der Waals surface area contributed by atoms with Crippen LogP contribution >= 0.6 is 35.3 Å². The maximum Gasteiger partial charge on any atom is 0.266 e. The smallest absolute Gasteiger partial charge is 0.266 e. The number of thiazole rings is 1. The predicted molar refractivity (Wildman–Crippen MR) is 113 cm³/mol. The van der Waals surface area contributed by atoms with Crippen LogP contribution in [0.1, 0.15) is 18.4 Å². The van der Waals surface area contributed by atoms with E-state index in [2.05, 4.69) is 10.3 Å². The molecule has 1 saturated heterocycles. The maximum absolute atomic E-state index is 12.6. The predicted octanol–water partition coefficient (Wildman–Crippen LogP) is 3.77. The van der Waals surface area contributed by atoms with Crippen molar-refractivity contribution in [1.82, 2.24) is 9.88 Å². The maximum atomic E-state index is 12.6. The summed E-state index contributed by atoms with van der Waals surface area (Å²) in [5, 5.41) is 5.10. The first-order valence-electron chi connectivity index (χ1n) is 8.15. The van der Waals surface area contributed by atoms with E-state index < -0.39 is 0 Å². The number of amides is 2. The third-order valence-corrected chi connectivity index (χ3v) is 5.80. The van der Waals surface area contributed by atoms with Crippen LogP contribution in [0, 0.1) is 0 Å². The molecule has 1 N–H and O–H groups in total. The first-order valence-corrected chi connectivity index (χ1v) is 10.3. The monoisotopic (exact) mass is 419 g/mol. The van der Waals surface area contributed by atoms with Gasteiger partial charge in [0.1, 0.15) is 10.1 Å². The number of rotatable bonds is 7. The zero-order valence-corrected chi connectivity index (χ0v) is 17.0. The summed E-state index contributed by atoms with van der Waals surface area (Å²) in [6.45, 7) is 0.408. The second kappa shape index (κ2) is 9.12. The highest BCUT2D eigenvalue weighted by Gasteiger charge is 2.31. The molecule has 3 rings (SSSR count). The number of ether oxygens (including phenoxy) is 1. The zero-order chi connectivity index (χ0) is 19.2. The van der Waals surface area contributed by atoms with Crippen LogP contribution in [0.4, 0.5) is 5.13 Å². The summed E-state index contributed by atoms with van der Waals surface area (Å²) >= 11 is 7.96. The SMILES string of the molecule is COc1cccc(C=C2SC(=S)N(CCCC(=O)Nc3nccs3)C2=O)c1. The number of benzene rings is 1. The van der Waals surface area contributed by atoms with Gasteiger partial charge in [-0.25, -0.2) is 4.98 Å². The molecule has 0 radical (unpaired) electrons. The molecule has 0 aliphatic carbocycles. The van der Waals surface area contributed by atoms with Crippen LogP contribution in [0.2, 0.25) is 0 Å². The molecule has 2 amide bonds. The van der Waals surface area contributed by atoms with Crippen LogP contribution in [0.5, 0.6) is 5.75 Å². The topological polar surface area (TPSA) is 71.5 Å². The van der Waals surface area contributed by atoms with Gasteiger partial charge in [0, 0.05) is 24.5 Å². The van der Waals surface area contributed by atoms with Gasteiger partial charge < -0.3 is 10.1 Å². The minimum atomic E-state index is -0.131. The Balaban J connectivity index is 1.55. The molecule has 2 aromatic rings. The molecule has 0 bridgehead atoms. The number of thiocarbonyl (C=S) groups is 1. The number of nitrogens with zero attached hydrogens (tertiary/aromatic N) is 2. The summed E-state index contributed by atoms with van der Waals surface area (Å²) in [5.74, 6) is 0.473. The van der Waals surface area contributed by atoms with Gasteiger partial charge in [0.2, 0.25) is 5.91 Å². The summed E-state index contributed by atoms with van der Waals surface area (Å²) in [6.07, 6.45) is 4.26. The molecule has 0 unspecified atom stereocenters. The number of methoxy groups -OCH3 is 1. The zero-order valence-electron chi connectivity index (χ0n) is 14.5. The van der Waals surface area contributed by atoms with Crippen molar-refractivity contribution in [3.63, 3.8) is 0 Å². The summed E-state index contributed by atoms with van der Waals surface area (Å²) in [6, 6.07) is 7.47. The molecular formula is C18H17N3O3S3. The normalized spacial score (nSPS) is 15.4. The second-order valence-corrected chi connectivity index (χ2v) is 8.17. The Bertz CT molecular complexity index is 881. The number of hydrogen-bond donors (Lipinski definition) is 1. The van der Waals surface area contributed by atoms with Gasteiger partial charge in [0.15, 0.2) is 5.13 Å². The van der Waals surface area contributed by atoms with Crippen molar-refractivity contribution >= 4 is 62.7 Å². The summed E-state index contributed by atoms with van der Waals surface area (Å²) in [7, 11) is 1.60. The quantitative estimate of drug-likeness (QED) is 0.544. The lowest BCUT2D eigenvalue weighted by atomic mass is 10.2. The van der Waals surface area contributed by atoms with Crippen LogP contribution in [-0.4, -0.2) is 39.7 Å². The number of aromatic nitrogens is 1. The Hall–Kier alpha value is -2.23. The highest BCUT2D eigenvalue weighted by Crippen LogP contribution is 2.33. The lowest BCUT2D eigenvalue weighted by molar-refractivity contribution is -0.122. The molecule has 0 spiro atoms. The Morgan fingerprint density at radius 1 is 1.44 bits per heavy atom. The lowest BCUT2D eigenvalue weighted by Crippen LogP contribution is -2.29. The van der Waals surface area contributed by atoms with E-state index in [-0.39, 0.29) is 11.8 Å². The Morgan fingerprint density at radius 3 is 3.04 bits per heavy atom. The van der Waals surface area contributed by atoms with E-state index in [9.17, 15) is 9.59 Å². The van der Waals surface area contributed by atoms with Crippen molar-refractivity contribution < 1.29 is 14.3 Å². The molecule has 1 aromatic heterocycles. The van der Waals surface area contributed by atoms with Crippen molar-refractivity contribution in [2.24, 2.45) is 0 Å². The van der Waals surface area contributed by atoms with Gasteiger partial charge in [-0.1, -0.05) is 36.1 Å². The van der Waals surface area contributed by atoms with Gasteiger partial charge >= 0.3 is 0 Å². The van der Waals surface area contributed by atoms with E-state index in [0.29, 0.717) is 33.7 Å². The number of carbonyl (C=O) groups is 2. The molecule has 140 valence electrons. The fraction of sp³-hybridized carbons (Fsp3) is 0.222. The van der Waals surface area contributed by atoms with Crippen LogP contribution in [0.15, 0.2) is 40.7 Å². The van der Waals surface area contributed by atoms with E-state index in [1.165, 1.54) is 23.1 Å². The van der Waals surface area contributed by atoms with Crippen LogP contribution in [0.3, 0.4) is 0 Å². The number of nitrogens with one attached hydrogen (secondary N) is 1. The highest BCUT2D eigenvalue weighted by molar-refractivity contribution is 8.26. The van der Waals surface area contributed by atoms with Crippen molar-refractivity contribution in [2.45, 2.75) is 12.8 Å². The fourth-order valence-electron chi connectivity index (χ4n) is 2.44. The first-order chi connectivity index (χ1) is 13.1. The fourth-order valence-corrected chi connectivity index (χ4v) is 4.29. The minimum Gasteiger partial charge on any atom is -0.497 e. The van der Waals surface area contributed by atoms with Crippen LogP contribution in [-0.2, 0) is 9.59 Å². The molecule has 0 saturated carbocycles. The average Bonchev–Trinajstić information content (AvgIpc) is 3.25. The van der Waals surface area contributed by atoms with Crippen LogP contribution < -0.4 is 10.1 Å². The molecule has 1 fully saturated rings. The molecule has 2 heterocycles. The number of hydrogen-bond acceptors (Lipinski definition) is 7. The van der Waals surface area contributed by atoms with E-state index in [4.69, 9.17) is 17.0 Å². The standard InChI is InChI=1S/C18H17N3O3S3/c1-24-13-5-2-4-12(10-13)11-14-16(23)21(18(25)27-14)8-3-6-15(22)20-17-19-7-9-26-17/h2,4-5,7,9-11H,3,6,8H2,1H3,(H,19,20,22). The van der Waals surface area contributed by atoms with E-state index in [0.717, 1.165) is 11.3 Å². The third-order valence-electron chi connectivity index (χ3n) is 3.73. The van der Waals surface area contributed by atoms with Gasteiger partial charge in [-0.15, -0.1) is 11.3 Å². The van der Waals surface area contributed by atoms with Gasteiger partial charge in [-0.2, -0.15) is 0 Å². The number of anilines is 1. The van der Waals surface area contributed by atoms with Gasteiger partial charge in [-0.3, -0.25) is 14.5 Å². The van der Waals surface area contributed by atoms with Gasteiger partial charge in [0.25, 0.3) is 5.91 Å². The average molecular weight is 420 g/mol. The van der Waals surface area contributed by atoms with E-state index >= 15 is 0 Å². The third kappa shape index (κ3) is 5.15. The molecule has 1 aliphatic heterocycles. The molecule has 27 heavy (non-hydrogen) atoms. The number of thioether (sulfide) groups is 1. The van der Waals surface area contributed by atoms with E-state index in [1.54, 1.807) is 29.7 Å². The van der Waals surface area contributed by atoms with E-state index in [1.807, 2.05) is 24.3 Å². The molecule has 0 atom stereocenters. The Labute approximate surface area is 170 Å². The summed E-state index contributed by atoms with van der Waals surface area (Å²) in [4.78, 5) is 30.6. The first kappa shape index (κ1) is 19.5. The largest absolute Gasteiger partial charge is 0.497 e. The summed E-state index contributed by atoms with van der Waals surface area (Å²) < 4.78 is 5.71. The van der Waals surface area contributed by atoms with Crippen molar-refractivity contribution in [3.8, 4) is 5.75 Å². The Morgan fingerprint density at radius 2 is 2.30 bits per heavy atom. The molecule has 6 nitrogen and oxygen atoms in total. The van der Waals surface area contributed by atoms with Gasteiger partial charge in [-0.05, 0) is 30.2 Å². The Kier molecular flexibility index (Phi) is 6.59. The van der Waals surface area contributed by atoms with Gasteiger partial charge in [0.05, 0.1) is 12.0 Å². The second-order valence-electron chi connectivity index (χ2n) is 5.60. The molecule has 1 aromatic carbocycles.